The first-order chi connectivity index (χ1) is 9.34. The minimum absolute atomic E-state index is 0.350. The number of aliphatic carboxylic acids is 1. The highest BCUT2D eigenvalue weighted by atomic mass is 16.6. The third-order valence-electron chi connectivity index (χ3n) is 2.89. The number of unbranched alkanes of at least 4 members (excludes halogenated alkanes) is 1. The zero-order valence-corrected chi connectivity index (χ0v) is 14.1. The largest absolute Gasteiger partial charge is 0.480 e. The third-order valence-corrected chi connectivity index (χ3v) is 2.89. The molecule has 0 rings (SSSR count). The maximum atomic E-state index is 12.2. The molecule has 0 unspecified atom stereocenters. The van der Waals surface area contributed by atoms with E-state index in [9.17, 15) is 9.59 Å². The Morgan fingerprint density at radius 2 is 1.67 bits per heavy atom. The molecule has 0 aliphatic carbocycles. The highest BCUT2D eigenvalue weighted by Crippen LogP contribution is 2.19. The zero-order chi connectivity index (χ0) is 16.8. The van der Waals surface area contributed by atoms with Gasteiger partial charge in [0.15, 0.2) is 0 Å². The van der Waals surface area contributed by atoms with E-state index in [-0.39, 0.29) is 11.6 Å². The molecule has 0 saturated carbocycles. The molecule has 0 bridgehead atoms. The van der Waals surface area contributed by atoms with Crippen molar-refractivity contribution in [3.05, 3.63) is 0 Å². The molecule has 0 heterocycles. The van der Waals surface area contributed by atoms with Crippen LogP contribution in [0.25, 0.3) is 0 Å². The van der Waals surface area contributed by atoms with Crippen LogP contribution >= 0.6 is 0 Å². The molecule has 6 nitrogen and oxygen atoms in total. The maximum absolute atomic E-state index is 12.2. The lowest BCUT2D eigenvalue weighted by atomic mass is 10.0. The third kappa shape index (κ3) is 8.55. The Balaban J connectivity index is 4.47. The van der Waals surface area contributed by atoms with Crippen molar-refractivity contribution in [3.8, 4) is 0 Å². The Morgan fingerprint density at radius 1 is 1.14 bits per heavy atom. The van der Waals surface area contributed by atoms with Crippen LogP contribution < -0.4 is 5.73 Å². The average Bonchev–Trinajstić information content (AvgIpc) is 2.23. The number of nitrogens with zero attached hydrogens (tertiary/aromatic N) is 1. The molecular formula is C15H30N2O4. The molecule has 0 saturated heterocycles. The highest BCUT2D eigenvalue weighted by molar-refractivity contribution is 5.73. The summed E-state index contributed by atoms with van der Waals surface area (Å²) >= 11 is 0. The minimum atomic E-state index is -0.991. The summed E-state index contributed by atoms with van der Waals surface area (Å²) in [4.78, 5) is 24.5. The Bertz CT molecular complexity index is 356. The Morgan fingerprint density at radius 3 is 2.05 bits per heavy atom. The van der Waals surface area contributed by atoms with Crippen molar-refractivity contribution in [3.63, 3.8) is 0 Å². The Hall–Kier alpha value is -1.30. The summed E-state index contributed by atoms with van der Waals surface area (Å²) in [6, 6.07) is -0.838. The summed E-state index contributed by atoms with van der Waals surface area (Å²) in [5.74, 6) is -0.991. The van der Waals surface area contributed by atoms with Crippen LogP contribution in [0.4, 0.5) is 4.79 Å². The second-order valence-electron chi connectivity index (χ2n) is 7.24. The highest BCUT2D eigenvalue weighted by Gasteiger charge is 2.30. The van der Waals surface area contributed by atoms with Crippen LogP contribution in [-0.2, 0) is 9.53 Å². The molecule has 0 fully saturated rings. The molecule has 0 aliphatic rings. The van der Waals surface area contributed by atoms with Crippen molar-refractivity contribution < 1.29 is 19.4 Å². The van der Waals surface area contributed by atoms with E-state index in [4.69, 9.17) is 15.6 Å². The van der Waals surface area contributed by atoms with Gasteiger partial charge in [0.1, 0.15) is 11.6 Å². The van der Waals surface area contributed by atoms with Gasteiger partial charge in [-0.1, -0.05) is 0 Å². The molecule has 0 aromatic carbocycles. The molecule has 0 aliphatic heterocycles. The van der Waals surface area contributed by atoms with Crippen LogP contribution in [0.1, 0.15) is 60.8 Å². The standard InChI is InChI=1S/C15H30N2O4/c1-14(2,3)17(13(20)21-15(4,5)6)10-8-7-9-11(16)12(18)19/h11H,7-10,16H2,1-6H3,(H,18,19)/t11-/m1/s1. The lowest BCUT2D eigenvalue weighted by molar-refractivity contribution is -0.138. The number of rotatable bonds is 6. The predicted octanol–water partition coefficient (Wildman–Crippen LogP) is 2.60. The number of carbonyl (C=O) groups excluding carboxylic acids is 1. The van der Waals surface area contributed by atoms with Gasteiger partial charge in [0.05, 0.1) is 0 Å². The average molecular weight is 302 g/mol. The van der Waals surface area contributed by atoms with Gasteiger partial charge in [-0.05, 0) is 60.8 Å². The van der Waals surface area contributed by atoms with Crippen molar-refractivity contribution in [2.75, 3.05) is 6.54 Å². The second kappa shape index (κ2) is 7.64. The van der Waals surface area contributed by atoms with Gasteiger partial charge in [-0.2, -0.15) is 0 Å². The molecule has 0 aromatic rings. The number of carboxylic acids is 1. The van der Waals surface area contributed by atoms with Gasteiger partial charge < -0.3 is 20.5 Å². The lowest BCUT2D eigenvalue weighted by Crippen LogP contribution is -2.48. The number of amides is 1. The van der Waals surface area contributed by atoms with Crippen LogP contribution in [0.3, 0.4) is 0 Å². The number of nitrogens with two attached hydrogens (primary N) is 1. The van der Waals surface area contributed by atoms with Gasteiger partial charge in [-0.15, -0.1) is 0 Å². The quantitative estimate of drug-likeness (QED) is 0.736. The van der Waals surface area contributed by atoms with Gasteiger partial charge in [0.2, 0.25) is 0 Å². The van der Waals surface area contributed by atoms with E-state index in [2.05, 4.69) is 0 Å². The van der Waals surface area contributed by atoms with Crippen molar-refractivity contribution in [2.24, 2.45) is 5.73 Å². The topological polar surface area (TPSA) is 92.9 Å². The Labute approximate surface area is 127 Å². The summed E-state index contributed by atoms with van der Waals surface area (Å²) in [6.07, 6.45) is 1.40. The fourth-order valence-electron chi connectivity index (χ4n) is 1.78. The molecule has 0 aromatic heterocycles. The summed E-state index contributed by atoms with van der Waals surface area (Å²) in [5, 5.41) is 8.73. The molecule has 1 amide bonds. The van der Waals surface area contributed by atoms with E-state index in [1.807, 2.05) is 41.5 Å². The second-order valence-corrected chi connectivity index (χ2v) is 7.24. The number of hydrogen-bond donors (Lipinski definition) is 2. The number of ether oxygens (including phenoxy) is 1. The van der Waals surface area contributed by atoms with E-state index < -0.39 is 17.6 Å². The van der Waals surface area contributed by atoms with E-state index in [0.717, 1.165) is 0 Å². The van der Waals surface area contributed by atoms with Crippen molar-refractivity contribution >= 4 is 12.1 Å². The number of carbonyl (C=O) groups is 2. The van der Waals surface area contributed by atoms with E-state index in [1.165, 1.54) is 0 Å². The van der Waals surface area contributed by atoms with E-state index in [1.54, 1.807) is 4.90 Å². The van der Waals surface area contributed by atoms with Crippen LogP contribution in [0, 0.1) is 0 Å². The summed E-state index contributed by atoms with van der Waals surface area (Å²) < 4.78 is 5.41. The van der Waals surface area contributed by atoms with Gasteiger partial charge in [0, 0.05) is 12.1 Å². The zero-order valence-electron chi connectivity index (χ0n) is 14.1. The molecule has 21 heavy (non-hydrogen) atoms. The maximum Gasteiger partial charge on any atom is 0.410 e. The van der Waals surface area contributed by atoms with Gasteiger partial charge >= 0.3 is 12.1 Å². The molecule has 3 N–H and O–H groups in total. The SMILES string of the molecule is CC(C)(C)OC(=O)N(CCCC[C@@H](N)C(=O)O)C(C)(C)C. The van der Waals surface area contributed by atoms with Crippen LogP contribution in [0.5, 0.6) is 0 Å². The molecule has 6 heteroatoms. The summed E-state index contributed by atoms with van der Waals surface area (Å²) in [5.41, 5.74) is 4.57. The van der Waals surface area contributed by atoms with Gasteiger partial charge in [-0.3, -0.25) is 4.79 Å². The molecule has 0 spiro atoms. The van der Waals surface area contributed by atoms with Crippen molar-refractivity contribution in [1.29, 1.82) is 0 Å². The Kier molecular flexibility index (Phi) is 7.16. The number of carboxylic acid groups (broad SMARTS) is 1. The van der Waals surface area contributed by atoms with Crippen LogP contribution in [-0.4, -0.2) is 45.8 Å². The molecular weight excluding hydrogens is 272 g/mol. The smallest absolute Gasteiger partial charge is 0.410 e. The first-order valence-electron chi connectivity index (χ1n) is 7.33. The summed E-state index contributed by atoms with van der Waals surface area (Å²) in [6.45, 7) is 11.8. The normalized spacial score (nSPS) is 13.7. The summed E-state index contributed by atoms with van der Waals surface area (Å²) in [7, 11) is 0. The van der Waals surface area contributed by atoms with Gasteiger partial charge in [0.25, 0.3) is 0 Å². The van der Waals surface area contributed by atoms with Crippen molar-refractivity contribution in [2.45, 2.75) is 78.0 Å². The first kappa shape index (κ1) is 19.7. The van der Waals surface area contributed by atoms with E-state index in [0.29, 0.717) is 25.8 Å². The van der Waals surface area contributed by atoms with Gasteiger partial charge in [-0.25, -0.2) is 4.79 Å². The van der Waals surface area contributed by atoms with Crippen molar-refractivity contribution in [1.82, 2.24) is 4.90 Å². The fourth-order valence-corrected chi connectivity index (χ4v) is 1.78. The molecule has 0 radical (unpaired) electrons. The van der Waals surface area contributed by atoms with Crippen LogP contribution in [0.2, 0.25) is 0 Å². The molecule has 1 atom stereocenters. The lowest BCUT2D eigenvalue weighted by Gasteiger charge is -2.37. The van der Waals surface area contributed by atoms with Crippen LogP contribution in [0.15, 0.2) is 0 Å². The molecule has 124 valence electrons. The fraction of sp³-hybridized carbons (Fsp3) is 0.867. The number of hydrogen-bond acceptors (Lipinski definition) is 4. The van der Waals surface area contributed by atoms with E-state index >= 15 is 0 Å². The minimum Gasteiger partial charge on any atom is -0.480 e. The monoisotopic (exact) mass is 302 g/mol. The predicted molar refractivity (Wildman–Crippen MR) is 82.2 cm³/mol. The first-order valence-corrected chi connectivity index (χ1v) is 7.33.